The molecule has 5 heteroatoms. The fourth-order valence-corrected chi connectivity index (χ4v) is 1.31. The lowest BCUT2D eigenvalue weighted by molar-refractivity contribution is -0.385. The highest BCUT2D eigenvalue weighted by molar-refractivity contribution is 5.67. The van der Waals surface area contributed by atoms with Crippen LogP contribution in [0.25, 0.3) is 6.08 Å². The number of nitrogens with zero attached hydrogens (tertiary/aromatic N) is 1. The quantitative estimate of drug-likeness (QED) is 0.612. The van der Waals surface area contributed by atoms with Gasteiger partial charge in [-0.1, -0.05) is 12.1 Å². The minimum atomic E-state index is -0.457. The highest BCUT2D eigenvalue weighted by atomic mass is 16.6. The molecule has 0 unspecified atom stereocenters. The van der Waals surface area contributed by atoms with E-state index in [2.05, 4.69) is 0 Å². The zero-order valence-electron chi connectivity index (χ0n) is 8.92. The Morgan fingerprint density at radius 2 is 2.31 bits per heavy atom. The van der Waals surface area contributed by atoms with Gasteiger partial charge in [-0.15, -0.1) is 0 Å². The zero-order chi connectivity index (χ0) is 12.0. The molecule has 0 radical (unpaired) electrons. The summed E-state index contributed by atoms with van der Waals surface area (Å²) in [5.41, 5.74) is 0.414. The second kappa shape index (κ2) is 5.87. The largest absolute Gasteiger partial charge is 0.496 e. The Morgan fingerprint density at radius 3 is 2.88 bits per heavy atom. The number of aliphatic hydroxyl groups is 1. The van der Waals surface area contributed by atoms with Crippen LogP contribution >= 0.6 is 0 Å². The predicted molar refractivity (Wildman–Crippen MR) is 60.4 cm³/mol. The molecule has 0 spiro atoms. The molecule has 1 aromatic carbocycles. The highest BCUT2D eigenvalue weighted by Gasteiger charge is 2.15. The lowest BCUT2D eigenvalue weighted by Gasteiger charge is -2.04. The van der Waals surface area contributed by atoms with E-state index in [1.54, 1.807) is 24.3 Å². The summed E-state index contributed by atoms with van der Waals surface area (Å²) in [6, 6.07) is 4.65. The third-order valence-corrected chi connectivity index (χ3v) is 2.04. The van der Waals surface area contributed by atoms with Crippen molar-refractivity contribution in [3.8, 4) is 5.75 Å². The van der Waals surface area contributed by atoms with Gasteiger partial charge in [-0.2, -0.15) is 0 Å². The van der Waals surface area contributed by atoms with Crippen molar-refractivity contribution in [3.05, 3.63) is 40.0 Å². The van der Waals surface area contributed by atoms with E-state index in [4.69, 9.17) is 9.84 Å². The van der Waals surface area contributed by atoms with Gasteiger partial charge in [0.05, 0.1) is 17.6 Å². The van der Waals surface area contributed by atoms with E-state index in [1.807, 2.05) is 0 Å². The maximum Gasteiger partial charge on any atom is 0.280 e. The molecule has 1 N–H and O–H groups in total. The molecule has 0 heterocycles. The molecule has 0 saturated heterocycles. The van der Waals surface area contributed by atoms with Crippen molar-refractivity contribution in [2.75, 3.05) is 13.7 Å². The average molecular weight is 223 g/mol. The van der Waals surface area contributed by atoms with Gasteiger partial charge in [-0.3, -0.25) is 10.1 Å². The van der Waals surface area contributed by atoms with Crippen molar-refractivity contribution < 1.29 is 14.8 Å². The molecular weight excluding hydrogens is 210 g/mol. The average Bonchev–Trinajstić information content (AvgIpc) is 2.29. The van der Waals surface area contributed by atoms with Crippen LogP contribution in [0.15, 0.2) is 24.3 Å². The molecule has 1 aromatic rings. The molecule has 0 aromatic heterocycles. The first-order valence-electron chi connectivity index (χ1n) is 4.79. The van der Waals surface area contributed by atoms with Gasteiger partial charge in [-0.25, -0.2) is 0 Å². The molecule has 0 saturated carbocycles. The Morgan fingerprint density at radius 1 is 1.56 bits per heavy atom. The van der Waals surface area contributed by atoms with Gasteiger partial charge in [0.25, 0.3) is 5.69 Å². The van der Waals surface area contributed by atoms with Gasteiger partial charge < -0.3 is 9.84 Å². The number of nitro benzene ring substituents is 1. The number of methoxy groups -OCH3 is 1. The van der Waals surface area contributed by atoms with E-state index in [0.29, 0.717) is 17.7 Å². The summed E-state index contributed by atoms with van der Waals surface area (Å²) in [6.45, 7) is 0.0133. The molecule has 5 nitrogen and oxygen atoms in total. The van der Waals surface area contributed by atoms with Crippen molar-refractivity contribution in [1.29, 1.82) is 0 Å². The van der Waals surface area contributed by atoms with Crippen LogP contribution in [-0.4, -0.2) is 23.7 Å². The van der Waals surface area contributed by atoms with E-state index in [1.165, 1.54) is 13.2 Å². The summed E-state index contributed by atoms with van der Waals surface area (Å²) < 4.78 is 5.05. The van der Waals surface area contributed by atoms with Crippen LogP contribution < -0.4 is 4.74 Å². The van der Waals surface area contributed by atoms with E-state index in [0.717, 1.165) is 0 Å². The van der Waals surface area contributed by atoms with Gasteiger partial charge in [-0.05, 0) is 18.6 Å². The molecule has 86 valence electrons. The third-order valence-electron chi connectivity index (χ3n) is 2.04. The van der Waals surface area contributed by atoms with Gasteiger partial charge >= 0.3 is 0 Å². The maximum absolute atomic E-state index is 10.8. The molecule has 0 atom stereocenters. The topological polar surface area (TPSA) is 72.6 Å². The molecule has 0 fully saturated rings. The van der Waals surface area contributed by atoms with Crippen molar-refractivity contribution in [2.24, 2.45) is 0 Å². The standard InChI is InChI=1S/C11H13NO4/c1-16-11-7-4-6-10(12(14)15)9(11)5-2-3-8-13/h2,4-7,13H,3,8H2,1H3. The Hall–Kier alpha value is -1.88. The minimum absolute atomic E-state index is 0.00598. The Kier molecular flexibility index (Phi) is 4.47. The van der Waals surface area contributed by atoms with Crippen LogP contribution in [0.1, 0.15) is 12.0 Å². The van der Waals surface area contributed by atoms with E-state index in [9.17, 15) is 10.1 Å². The highest BCUT2D eigenvalue weighted by Crippen LogP contribution is 2.29. The van der Waals surface area contributed by atoms with Crippen molar-refractivity contribution >= 4 is 11.8 Å². The molecule has 0 amide bonds. The van der Waals surface area contributed by atoms with E-state index < -0.39 is 4.92 Å². The molecule has 0 aliphatic heterocycles. The van der Waals surface area contributed by atoms with Gasteiger partial charge in [0.1, 0.15) is 5.75 Å². The maximum atomic E-state index is 10.8. The van der Waals surface area contributed by atoms with Gasteiger partial charge in [0, 0.05) is 12.7 Å². The summed E-state index contributed by atoms with van der Waals surface area (Å²) in [5, 5.41) is 19.4. The fourth-order valence-electron chi connectivity index (χ4n) is 1.31. The summed E-state index contributed by atoms with van der Waals surface area (Å²) in [4.78, 5) is 10.3. The van der Waals surface area contributed by atoms with Crippen LogP contribution in [0, 0.1) is 10.1 Å². The van der Waals surface area contributed by atoms with Crippen molar-refractivity contribution in [3.63, 3.8) is 0 Å². The first-order valence-corrected chi connectivity index (χ1v) is 4.79. The van der Waals surface area contributed by atoms with Crippen molar-refractivity contribution in [2.45, 2.75) is 6.42 Å². The van der Waals surface area contributed by atoms with Crippen LogP contribution in [0.2, 0.25) is 0 Å². The fraction of sp³-hybridized carbons (Fsp3) is 0.273. The number of hydrogen-bond donors (Lipinski definition) is 1. The molecule has 0 aliphatic carbocycles. The predicted octanol–water partition coefficient (Wildman–Crippen LogP) is 2.00. The zero-order valence-corrected chi connectivity index (χ0v) is 8.92. The number of aliphatic hydroxyl groups excluding tert-OH is 1. The number of ether oxygens (including phenoxy) is 1. The SMILES string of the molecule is COc1cccc([N+](=O)[O-])c1C=CCCO. The van der Waals surface area contributed by atoms with Gasteiger partial charge in [0.2, 0.25) is 0 Å². The lowest BCUT2D eigenvalue weighted by atomic mass is 10.1. The van der Waals surface area contributed by atoms with E-state index >= 15 is 0 Å². The van der Waals surface area contributed by atoms with Crippen LogP contribution in [0.3, 0.4) is 0 Å². The van der Waals surface area contributed by atoms with E-state index in [-0.39, 0.29) is 12.3 Å². The smallest absolute Gasteiger partial charge is 0.280 e. The van der Waals surface area contributed by atoms with Gasteiger partial charge in [0.15, 0.2) is 0 Å². The van der Waals surface area contributed by atoms with Crippen LogP contribution in [0.4, 0.5) is 5.69 Å². The molecule has 1 rings (SSSR count). The number of rotatable bonds is 5. The third kappa shape index (κ3) is 2.80. The normalized spacial score (nSPS) is 10.6. The summed E-state index contributed by atoms with van der Waals surface area (Å²) in [5.74, 6) is 0.448. The second-order valence-corrected chi connectivity index (χ2v) is 3.06. The Balaban J connectivity index is 3.14. The van der Waals surface area contributed by atoms with Crippen molar-refractivity contribution in [1.82, 2.24) is 0 Å². The lowest BCUT2D eigenvalue weighted by Crippen LogP contribution is -1.94. The molecule has 0 bridgehead atoms. The molecule has 0 aliphatic rings. The molecule has 16 heavy (non-hydrogen) atoms. The summed E-state index contributed by atoms with van der Waals surface area (Å²) >= 11 is 0. The summed E-state index contributed by atoms with van der Waals surface area (Å²) in [7, 11) is 1.46. The molecular formula is C11H13NO4. The number of benzene rings is 1. The Labute approximate surface area is 93.1 Å². The number of hydrogen-bond acceptors (Lipinski definition) is 4. The number of nitro groups is 1. The minimum Gasteiger partial charge on any atom is -0.496 e. The van der Waals surface area contributed by atoms with Crippen LogP contribution in [0.5, 0.6) is 5.75 Å². The Bertz CT molecular complexity index is 401. The summed E-state index contributed by atoms with van der Waals surface area (Å²) in [6.07, 6.45) is 3.72. The first kappa shape index (κ1) is 12.2. The monoisotopic (exact) mass is 223 g/mol. The second-order valence-electron chi connectivity index (χ2n) is 3.06. The first-order chi connectivity index (χ1) is 7.70. The van der Waals surface area contributed by atoms with Crippen LogP contribution in [-0.2, 0) is 0 Å².